The van der Waals surface area contributed by atoms with Crippen LogP contribution in [0.1, 0.15) is 22.3 Å². The lowest BCUT2D eigenvalue weighted by Crippen LogP contribution is -1.96. The summed E-state index contributed by atoms with van der Waals surface area (Å²) in [6.07, 6.45) is 5.64. The molecule has 4 nitrogen and oxygen atoms in total. The molecule has 0 unspecified atom stereocenters. The molecule has 162 valence electrons. The van der Waals surface area contributed by atoms with Crippen molar-refractivity contribution in [2.24, 2.45) is 0 Å². The van der Waals surface area contributed by atoms with Crippen molar-refractivity contribution in [2.75, 3.05) is 0 Å². The van der Waals surface area contributed by atoms with Crippen LogP contribution in [0.15, 0.2) is 85.2 Å². The minimum Gasteiger partial charge on any atom is -0.288 e. The first kappa shape index (κ1) is 17.8. The van der Waals surface area contributed by atoms with Crippen LogP contribution in [0.4, 0.5) is 0 Å². The lowest BCUT2D eigenvalue weighted by Gasteiger charge is -2.09. The summed E-state index contributed by atoms with van der Waals surface area (Å²) in [7, 11) is 0. The number of rotatable bonds is 0. The number of hydrogen-bond acceptors (Lipinski definition) is 3. The van der Waals surface area contributed by atoms with Gasteiger partial charge >= 0.3 is 0 Å². The van der Waals surface area contributed by atoms with Gasteiger partial charge in [0, 0.05) is 24.2 Å². The molecule has 3 aromatic carbocycles. The van der Waals surface area contributed by atoms with E-state index in [2.05, 4.69) is 65.1 Å². The molecular formula is C31H18N4. The molecular weight excluding hydrogens is 428 g/mol. The Hall–Kier alpha value is -4.57. The summed E-state index contributed by atoms with van der Waals surface area (Å²) in [5.41, 5.74) is 17.1. The highest BCUT2D eigenvalue weighted by Crippen LogP contribution is 2.47. The highest BCUT2D eigenvalue weighted by Gasteiger charge is 2.28. The Bertz CT molecular complexity index is 2070. The molecule has 7 aromatic rings. The summed E-state index contributed by atoms with van der Waals surface area (Å²) in [6.45, 7) is 0. The standard InChI is InChI=1S/C31H18N4/c1-2-6-20-17(5-1)13-18-14-19-15-25-21(24(19)16-23(18)20)9-10-26-30(25)35-27-8-4-12-32-28(27)22-7-3-11-33-29(22)31(35)34-26/h1-12,14,16H,13,15H2. The Balaban J connectivity index is 1.40. The first-order valence-electron chi connectivity index (χ1n) is 12.0. The Morgan fingerprint density at radius 1 is 0.629 bits per heavy atom. The van der Waals surface area contributed by atoms with Crippen molar-refractivity contribution in [3.05, 3.63) is 107 Å². The molecule has 4 heteroatoms. The predicted molar refractivity (Wildman–Crippen MR) is 140 cm³/mol. The summed E-state index contributed by atoms with van der Waals surface area (Å²) in [5, 5.41) is 1.04. The van der Waals surface area contributed by atoms with Crippen molar-refractivity contribution in [1.82, 2.24) is 19.4 Å². The zero-order valence-corrected chi connectivity index (χ0v) is 18.8. The fraction of sp³-hybridized carbons (Fsp3) is 0.0645. The number of nitrogens with zero attached hydrogens (tertiary/aromatic N) is 4. The maximum atomic E-state index is 5.10. The minimum atomic E-state index is 0.898. The zero-order chi connectivity index (χ0) is 22.7. The van der Waals surface area contributed by atoms with Gasteiger partial charge in [-0.1, -0.05) is 36.4 Å². The third-order valence-corrected chi connectivity index (χ3v) is 7.90. The normalized spacial score (nSPS) is 13.5. The van der Waals surface area contributed by atoms with Gasteiger partial charge < -0.3 is 0 Å². The van der Waals surface area contributed by atoms with Gasteiger partial charge in [-0.15, -0.1) is 0 Å². The van der Waals surface area contributed by atoms with E-state index in [-0.39, 0.29) is 0 Å². The minimum absolute atomic E-state index is 0.898. The van der Waals surface area contributed by atoms with E-state index in [4.69, 9.17) is 15.0 Å². The molecule has 0 radical (unpaired) electrons. The van der Waals surface area contributed by atoms with Crippen LogP contribution in [0.25, 0.3) is 60.9 Å². The number of aromatic nitrogens is 4. The second-order valence-corrected chi connectivity index (χ2v) is 9.68. The molecule has 0 spiro atoms. The molecule has 0 fully saturated rings. The third-order valence-electron chi connectivity index (χ3n) is 7.90. The maximum Gasteiger partial charge on any atom is 0.165 e. The van der Waals surface area contributed by atoms with Crippen LogP contribution in [0.2, 0.25) is 0 Å². The fourth-order valence-electron chi connectivity index (χ4n) is 6.44. The predicted octanol–water partition coefficient (Wildman–Crippen LogP) is 6.73. The number of imidazole rings is 1. The van der Waals surface area contributed by atoms with Gasteiger partial charge in [0.1, 0.15) is 5.52 Å². The molecule has 35 heavy (non-hydrogen) atoms. The van der Waals surface area contributed by atoms with Crippen LogP contribution in [0.3, 0.4) is 0 Å². The smallest absolute Gasteiger partial charge is 0.165 e. The monoisotopic (exact) mass is 446 g/mol. The Labute approximate surface area is 200 Å². The second kappa shape index (κ2) is 6.10. The molecule has 4 aromatic heterocycles. The summed E-state index contributed by atoms with van der Waals surface area (Å²) in [5.74, 6) is 0. The molecule has 4 heterocycles. The Morgan fingerprint density at radius 3 is 2.43 bits per heavy atom. The van der Waals surface area contributed by atoms with Crippen molar-refractivity contribution >= 4 is 38.6 Å². The van der Waals surface area contributed by atoms with E-state index in [0.29, 0.717) is 0 Å². The van der Waals surface area contributed by atoms with E-state index in [1.807, 2.05) is 24.5 Å². The van der Waals surface area contributed by atoms with Gasteiger partial charge in [-0.05, 0) is 87.3 Å². The van der Waals surface area contributed by atoms with Crippen LogP contribution in [0, 0.1) is 0 Å². The van der Waals surface area contributed by atoms with Crippen molar-refractivity contribution in [2.45, 2.75) is 12.8 Å². The second-order valence-electron chi connectivity index (χ2n) is 9.68. The van der Waals surface area contributed by atoms with E-state index < -0.39 is 0 Å². The van der Waals surface area contributed by atoms with Crippen LogP contribution < -0.4 is 0 Å². The summed E-state index contributed by atoms with van der Waals surface area (Å²) >= 11 is 0. The number of hydrogen-bond donors (Lipinski definition) is 0. The Morgan fingerprint density at radius 2 is 1.46 bits per heavy atom. The van der Waals surface area contributed by atoms with Gasteiger partial charge in [0.2, 0.25) is 0 Å². The first-order valence-corrected chi connectivity index (χ1v) is 12.0. The third kappa shape index (κ3) is 2.15. The number of benzene rings is 3. The van der Waals surface area contributed by atoms with Gasteiger partial charge in [-0.25, -0.2) is 4.98 Å². The molecule has 9 rings (SSSR count). The van der Waals surface area contributed by atoms with Gasteiger partial charge in [0.25, 0.3) is 0 Å². The highest BCUT2D eigenvalue weighted by atomic mass is 15.0. The van der Waals surface area contributed by atoms with E-state index in [1.54, 1.807) is 0 Å². The number of pyridine rings is 3. The summed E-state index contributed by atoms with van der Waals surface area (Å²) < 4.78 is 2.29. The molecule has 0 saturated heterocycles. The van der Waals surface area contributed by atoms with Crippen molar-refractivity contribution < 1.29 is 0 Å². The van der Waals surface area contributed by atoms with Gasteiger partial charge in [-0.3, -0.25) is 14.4 Å². The SMILES string of the molecule is c1ccc2c(c1)Cc1cc3c(cc1-2)-c1ccc2nc4c5ncccc5c5ncccc5n4c2c1C3. The average Bonchev–Trinajstić information content (AvgIpc) is 3.58. The van der Waals surface area contributed by atoms with Crippen LogP contribution in [0.5, 0.6) is 0 Å². The first-order chi connectivity index (χ1) is 17.3. The van der Waals surface area contributed by atoms with E-state index in [9.17, 15) is 0 Å². The molecule has 0 saturated carbocycles. The molecule has 0 bridgehead atoms. The van der Waals surface area contributed by atoms with E-state index in [1.165, 1.54) is 50.0 Å². The molecule has 0 amide bonds. The van der Waals surface area contributed by atoms with E-state index in [0.717, 1.165) is 45.9 Å². The summed E-state index contributed by atoms with van der Waals surface area (Å²) in [6, 6.07) is 26.3. The fourth-order valence-corrected chi connectivity index (χ4v) is 6.44. The van der Waals surface area contributed by atoms with Crippen molar-refractivity contribution in [3.63, 3.8) is 0 Å². The molecule has 2 aliphatic carbocycles. The van der Waals surface area contributed by atoms with Gasteiger partial charge in [-0.2, -0.15) is 0 Å². The quantitative estimate of drug-likeness (QED) is 0.243. The van der Waals surface area contributed by atoms with Gasteiger partial charge in [0.05, 0.1) is 22.1 Å². The lowest BCUT2D eigenvalue weighted by atomic mass is 9.98. The average molecular weight is 447 g/mol. The van der Waals surface area contributed by atoms with Crippen molar-refractivity contribution in [1.29, 1.82) is 0 Å². The molecule has 0 atom stereocenters. The number of fused-ring (bicyclic) bond motifs is 15. The van der Waals surface area contributed by atoms with Crippen LogP contribution in [-0.4, -0.2) is 19.4 Å². The largest absolute Gasteiger partial charge is 0.288 e. The van der Waals surface area contributed by atoms with Crippen molar-refractivity contribution in [3.8, 4) is 22.3 Å². The molecule has 2 aliphatic rings. The van der Waals surface area contributed by atoms with Gasteiger partial charge in [0.15, 0.2) is 5.65 Å². The summed E-state index contributed by atoms with van der Waals surface area (Å²) in [4.78, 5) is 14.6. The lowest BCUT2D eigenvalue weighted by molar-refractivity contribution is 1.20. The maximum absolute atomic E-state index is 5.10. The zero-order valence-electron chi connectivity index (χ0n) is 18.8. The van der Waals surface area contributed by atoms with E-state index >= 15 is 0 Å². The molecule has 0 aliphatic heterocycles. The van der Waals surface area contributed by atoms with Crippen LogP contribution in [-0.2, 0) is 12.8 Å². The topological polar surface area (TPSA) is 43.1 Å². The highest BCUT2D eigenvalue weighted by molar-refractivity contribution is 6.11. The molecule has 0 N–H and O–H groups in total. The van der Waals surface area contributed by atoms with Crippen LogP contribution >= 0.6 is 0 Å². The Kier molecular flexibility index (Phi) is 3.11.